The first-order valence-corrected chi connectivity index (χ1v) is 4.37. The summed E-state index contributed by atoms with van der Waals surface area (Å²) in [5.41, 5.74) is 2.95. The second kappa shape index (κ2) is 6.63. The van der Waals surface area contributed by atoms with Crippen LogP contribution in [0.5, 0.6) is 0 Å². The Balaban J connectivity index is 0.00000196. The van der Waals surface area contributed by atoms with E-state index >= 15 is 0 Å². The maximum absolute atomic E-state index is 11.3. The molecule has 0 heterocycles. The maximum atomic E-state index is 11.3. The van der Waals surface area contributed by atoms with Gasteiger partial charge in [0.2, 0.25) is 0 Å². The lowest BCUT2D eigenvalue weighted by molar-refractivity contribution is -0.143. The van der Waals surface area contributed by atoms with Crippen LogP contribution in [0.1, 0.15) is 11.6 Å². The first kappa shape index (κ1) is 14.2. The molecule has 0 spiro atoms. The molecule has 0 unspecified atom stereocenters. The minimum Gasteiger partial charge on any atom is -0.468 e. The van der Waals surface area contributed by atoms with Crippen molar-refractivity contribution in [3.8, 4) is 0 Å². The summed E-state index contributed by atoms with van der Waals surface area (Å²) < 4.78 is 4.57. The highest BCUT2D eigenvalue weighted by Gasteiger charge is 2.21. The van der Waals surface area contributed by atoms with Gasteiger partial charge in [-0.1, -0.05) is 29.8 Å². The SMILES string of the molecule is COC(=O)[C@@H](NN)c1ccccc1Cl.Cl. The van der Waals surface area contributed by atoms with Crippen molar-refractivity contribution in [3.63, 3.8) is 0 Å². The van der Waals surface area contributed by atoms with E-state index in [4.69, 9.17) is 17.4 Å². The van der Waals surface area contributed by atoms with Crippen molar-refractivity contribution in [2.45, 2.75) is 6.04 Å². The van der Waals surface area contributed by atoms with Gasteiger partial charge in [-0.2, -0.15) is 0 Å². The van der Waals surface area contributed by atoms with Gasteiger partial charge in [-0.15, -0.1) is 12.4 Å². The zero-order valence-electron chi connectivity index (χ0n) is 8.07. The fraction of sp³-hybridized carbons (Fsp3) is 0.222. The van der Waals surface area contributed by atoms with Crippen LogP contribution in [0.4, 0.5) is 0 Å². The van der Waals surface area contributed by atoms with Crippen molar-refractivity contribution in [2.24, 2.45) is 5.84 Å². The fourth-order valence-electron chi connectivity index (χ4n) is 1.11. The van der Waals surface area contributed by atoms with Gasteiger partial charge in [0.25, 0.3) is 0 Å². The standard InChI is InChI=1S/C9H11ClN2O2.ClH/c1-14-9(13)8(12-11)6-4-2-3-5-7(6)10;/h2-5,8,12H,11H2,1H3;1H/t8-;/m0./s1. The molecule has 0 aliphatic heterocycles. The van der Waals surface area contributed by atoms with Gasteiger partial charge in [0.15, 0.2) is 0 Å². The summed E-state index contributed by atoms with van der Waals surface area (Å²) in [6, 6.07) is 6.22. The summed E-state index contributed by atoms with van der Waals surface area (Å²) in [5.74, 6) is 4.77. The molecule has 84 valence electrons. The van der Waals surface area contributed by atoms with Gasteiger partial charge >= 0.3 is 5.97 Å². The zero-order chi connectivity index (χ0) is 10.6. The van der Waals surface area contributed by atoms with E-state index in [9.17, 15) is 4.79 Å². The van der Waals surface area contributed by atoms with E-state index in [-0.39, 0.29) is 12.4 Å². The highest BCUT2D eigenvalue weighted by molar-refractivity contribution is 6.31. The average Bonchev–Trinajstić information content (AvgIpc) is 2.21. The molecule has 0 saturated heterocycles. The van der Waals surface area contributed by atoms with E-state index in [0.29, 0.717) is 10.6 Å². The highest BCUT2D eigenvalue weighted by Crippen LogP contribution is 2.22. The lowest BCUT2D eigenvalue weighted by Gasteiger charge is -2.14. The van der Waals surface area contributed by atoms with Crippen LogP contribution in [0.2, 0.25) is 5.02 Å². The number of methoxy groups -OCH3 is 1. The van der Waals surface area contributed by atoms with Crippen molar-refractivity contribution >= 4 is 30.0 Å². The number of ether oxygens (including phenoxy) is 1. The van der Waals surface area contributed by atoms with Crippen molar-refractivity contribution < 1.29 is 9.53 Å². The fourth-order valence-corrected chi connectivity index (χ4v) is 1.36. The molecule has 3 N–H and O–H groups in total. The summed E-state index contributed by atoms with van der Waals surface area (Å²) in [6.45, 7) is 0. The van der Waals surface area contributed by atoms with E-state index in [1.807, 2.05) is 0 Å². The highest BCUT2D eigenvalue weighted by atomic mass is 35.5. The topological polar surface area (TPSA) is 64.3 Å². The number of benzene rings is 1. The quantitative estimate of drug-likeness (QED) is 0.484. The molecule has 0 bridgehead atoms. The Labute approximate surface area is 99.1 Å². The second-order valence-electron chi connectivity index (χ2n) is 2.64. The second-order valence-corrected chi connectivity index (χ2v) is 3.05. The van der Waals surface area contributed by atoms with Gasteiger partial charge in [-0.05, 0) is 6.07 Å². The molecule has 0 aliphatic carbocycles. The number of carbonyl (C=O) groups excluding carboxylic acids is 1. The average molecular weight is 251 g/mol. The Morgan fingerprint density at radius 3 is 2.60 bits per heavy atom. The third-order valence-corrected chi connectivity index (χ3v) is 2.16. The van der Waals surface area contributed by atoms with Crippen molar-refractivity contribution in [2.75, 3.05) is 7.11 Å². The predicted molar refractivity (Wildman–Crippen MR) is 60.8 cm³/mol. The largest absolute Gasteiger partial charge is 0.468 e. The van der Waals surface area contributed by atoms with Crippen molar-refractivity contribution in [1.82, 2.24) is 5.43 Å². The van der Waals surface area contributed by atoms with E-state index in [0.717, 1.165) is 0 Å². The number of nitrogens with two attached hydrogens (primary N) is 1. The molecule has 0 radical (unpaired) electrons. The molecular formula is C9H12Cl2N2O2. The third kappa shape index (κ3) is 3.35. The third-order valence-electron chi connectivity index (χ3n) is 1.82. The molecule has 0 fully saturated rings. The molecule has 0 saturated carbocycles. The van der Waals surface area contributed by atoms with Crippen LogP contribution >= 0.6 is 24.0 Å². The minimum atomic E-state index is -0.728. The molecule has 15 heavy (non-hydrogen) atoms. The molecule has 1 aromatic rings. The zero-order valence-corrected chi connectivity index (χ0v) is 9.64. The van der Waals surface area contributed by atoms with Gasteiger partial charge in [0.05, 0.1) is 7.11 Å². The normalized spacial score (nSPS) is 11.4. The number of hydrazine groups is 1. The Morgan fingerprint density at radius 1 is 1.53 bits per heavy atom. The van der Waals surface area contributed by atoms with E-state index in [1.165, 1.54) is 7.11 Å². The van der Waals surface area contributed by atoms with Gasteiger partial charge in [0.1, 0.15) is 6.04 Å². The van der Waals surface area contributed by atoms with Crippen LogP contribution in [-0.2, 0) is 9.53 Å². The summed E-state index contributed by atoms with van der Waals surface area (Å²) in [7, 11) is 1.30. The number of nitrogens with one attached hydrogen (secondary N) is 1. The monoisotopic (exact) mass is 250 g/mol. The molecule has 4 nitrogen and oxygen atoms in total. The smallest absolute Gasteiger partial charge is 0.328 e. The van der Waals surface area contributed by atoms with Crippen molar-refractivity contribution in [3.05, 3.63) is 34.9 Å². The number of esters is 1. The molecule has 1 atom stereocenters. The number of hydrogen-bond donors (Lipinski definition) is 2. The lowest BCUT2D eigenvalue weighted by atomic mass is 10.1. The van der Waals surface area contributed by atoms with Gasteiger partial charge in [-0.25, -0.2) is 10.2 Å². The first-order valence-electron chi connectivity index (χ1n) is 3.99. The van der Waals surface area contributed by atoms with Crippen LogP contribution in [0.25, 0.3) is 0 Å². The summed E-state index contributed by atoms with van der Waals surface area (Å²) in [6.07, 6.45) is 0. The molecule has 0 aliphatic rings. The first-order chi connectivity index (χ1) is 6.70. The number of hydrogen-bond acceptors (Lipinski definition) is 4. The number of halogens is 2. The van der Waals surface area contributed by atoms with Crippen LogP contribution < -0.4 is 11.3 Å². The molecule has 0 amide bonds. The van der Waals surface area contributed by atoms with Crippen LogP contribution in [0.3, 0.4) is 0 Å². The Bertz CT molecular complexity index is 334. The van der Waals surface area contributed by atoms with Gasteiger partial charge in [0, 0.05) is 10.6 Å². The van der Waals surface area contributed by atoms with Gasteiger partial charge < -0.3 is 4.74 Å². The van der Waals surface area contributed by atoms with Gasteiger partial charge in [-0.3, -0.25) is 5.84 Å². The Morgan fingerprint density at radius 2 is 2.13 bits per heavy atom. The Kier molecular flexibility index (Phi) is 6.27. The molecule has 0 aromatic heterocycles. The molecule has 1 aromatic carbocycles. The maximum Gasteiger partial charge on any atom is 0.328 e. The van der Waals surface area contributed by atoms with Crippen molar-refractivity contribution in [1.29, 1.82) is 0 Å². The summed E-state index contributed by atoms with van der Waals surface area (Å²) in [5, 5.41) is 0.473. The number of carbonyl (C=O) groups is 1. The molecule has 6 heteroatoms. The number of rotatable bonds is 3. The molecular weight excluding hydrogens is 239 g/mol. The van der Waals surface area contributed by atoms with E-state index < -0.39 is 12.0 Å². The summed E-state index contributed by atoms with van der Waals surface area (Å²) >= 11 is 5.90. The predicted octanol–water partition coefficient (Wildman–Crippen LogP) is 1.44. The van der Waals surface area contributed by atoms with Crippen LogP contribution in [0.15, 0.2) is 24.3 Å². The minimum absolute atomic E-state index is 0. The lowest BCUT2D eigenvalue weighted by Crippen LogP contribution is -2.34. The van der Waals surface area contributed by atoms with Crippen LogP contribution in [-0.4, -0.2) is 13.1 Å². The Hall–Kier alpha value is -0.810. The van der Waals surface area contributed by atoms with E-state index in [2.05, 4.69) is 10.2 Å². The van der Waals surface area contributed by atoms with E-state index in [1.54, 1.807) is 24.3 Å². The van der Waals surface area contributed by atoms with Crippen LogP contribution in [0, 0.1) is 0 Å². The molecule has 1 rings (SSSR count). The summed E-state index contributed by atoms with van der Waals surface area (Å²) in [4.78, 5) is 11.3.